The summed E-state index contributed by atoms with van der Waals surface area (Å²) in [6.45, 7) is 2.74. The van der Waals surface area contributed by atoms with E-state index >= 15 is 0 Å². The van der Waals surface area contributed by atoms with Gasteiger partial charge in [-0.2, -0.15) is 0 Å². The summed E-state index contributed by atoms with van der Waals surface area (Å²) < 4.78 is 5.98. The first-order valence-corrected chi connectivity index (χ1v) is 6.89. The Morgan fingerprint density at radius 3 is 2.90 bits per heavy atom. The molecule has 3 aromatic rings. The number of para-hydroxylation sites is 1. The van der Waals surface area contributed by atoms with Gasteiger partial charge in [0, 0.05) is 23.8 Å². The van der Waals surface area contributed by atoms with Gasteiger partial charge in [-0.1, -0.05) is 18.2 Å². The second kappa shape index (κ2) is 5.89. The van der Waals surface area contributed by atoms with Crippen LogP contribution in [0.4, 0.5) is 0 Å². The number of rotatable bonds is 4. The van der Waals surface area contributed by atoms with Crippen LogP contribution in [0.25, 0.3) is 10.9 Å². The maximum absolute atomic E-state index is 5.98. The van der Waals surface area contributed by atoms with E-state index in [9.17, 15) is 0 Å². The lowest BCUT2D eigenvalue weighted by Crippen LogP contribution is -2.05. The Hall–Kier alpha value is -2.46. The molecule has 0 saturated heterocycles. The van der Waals surface area contributed by atoms with Crippen LogP contribution in [0, 0.1) is 6.92 Å². The molecule has 4 nitrogen and oxygen atoms in total. The number of benzene rings is 1. The molecule has 0 saturated carbocycles. The molecule has 0 aliphatic rings. The summed E-state index contributed by atoms with van der Waals surface area (Å²) in [5.74, 6) is 1.47. The van der Waals surface area contributed by atoms with Gasteiger partial charge in [0.25, 0.3) is 0 Å². The molecule has 0 fully saturated rings. The smallest absolute Gasteiger partial charge is 0.153 e. The maximum Gasteiger partial charge on any atom is 0.153 e. The number of nitrogens with zero attached hydrogens (tertiary/aromatic N) is 2. The van der Waals surface area contributed by atoms with Crippen molar-refractivity contribution >= 4 is 10.9 Å². The van der Waals surface area contributed by atoms with Gasteiger partial charge in [0.2, 0.25) is 0 Å². The highest BCUT2D eigenvalue weighted by molar-refractivity contribution is 5.84. The fraction of sp³-hybridized carbons (Fsp3) is 0.176. The van der Waals surface area contributed by atoms with Crippen molar-refractivity contribution in [3.8, 4) is 11.5 Å². The number of hydrogen-bond acceptors (Lipinski definition) is 4. The Morgan fingerprint density at radius 2 is 2.05 bits per heavy atom. The molecule has 0 unspecified atom stereocenters. The Bertz CT molecular complexity index is 771. The van der Waals surface area contributed by atoms with E-state index in [4.69, 9.17) is 4.74 Å². The summed E-state index contributed by atoms with van der Waals surface area (Å²) in [6.07, 6.45) is 3.54. The first-order valence-electron chi connectivity index (χ1n) is 6.89. The molecule has 2 aromatic heterocycles. The molecule has 0 amide bonds. The lowest BCUT2D eigenvalue weighted by Gasteiger charge is -2.09. The molecule has 4 heteroatoms. The number of nitrogens with one attached hydrogen (secondary N) is 1. The van der Waals surface area contributed by atoms with Crippen molar-refractivity contribution in [2.75, 3.05) is 7.05 Å². The van der Waals surface area contributed by atoms with Crippen molar-refractivity contribution in [3.63, 3.8) is 0 Å². The summed E-state index contributed by atoms with van der Waals surface area (Å²) in [7, 11) is 1.91. The van der Waals surface area contributed by atoms with E-state index in [-0.39, 0.29) is 0 Å². The van der Waals surface area contributed by atoms with Crippen LogP contribution in [-0.4, -0.2) is 17.0 Å². The van der Waals surface area contributed by atoms with E-state index in [2.05, 4.69) is 21.4 Å². The van der Waals surface area contributed by atoms with E-state index in [1.807, 2.05) is 50.5 Å². The second-order valence-electron chi connectivity index (χ2n) is 4.94. The minimum absolute atomic E-state index is 0.721. The number of aromatic nitrogens is 2. The highest BCUT2D eigenvalue weighted by atomic mass is 16.5. The van der Waals surface area contributed by atoms with Crippen LogP contribution in [0.2, 0.25) is 0 Å². The predicted octanol–water partition coefficient (Wildman–Crippen LogP) is 3.45. The number of ether oxygens (including phenoxy) is 1. The first-order chi connectivity index (χ1) is 10.3. The van der Waals surface area contributed by atoms with Gasteiger partial charge in [-0.3, -0.25) is 4.98 Å². The van der Waals surface area contributed by atoms with Crippen LogP contribution in [0.3, 0.4) is 0 Å². The van der Waals surface area contributed by atoms with Crippen molar-refractivity contribution in [2.45, 2.75) is 13.5 Å². The Morgan fingerprint density at radius 1 is 1.14 bits per heavy atom. The Labute approximate surface area is 123 Å². The SMILES string of the molecule is CNCc1cncc(Oc2cccc3ccc(C)nc23)c1. The van der Waals surface area contributed by atoms with E-state index < -0.39 is 0 Å². The third-order valence-corrected chi connectivity index (χ3v) is 3.20. The van der Waals surface area contributed by atoms with Gasteiger partial charge in [0.05, 0.1) is 6.20 Å². The normalized spacial score (nSPS) is 10.8. The molecule has 0 bridgehead atoms. The minimum atomic E-state index is 0.721. The molecule has 0 spiro atoms. The lowest BCUT2D eigenvalue weighted by atomic mass is 10.2. The zero-order valence-electron chi connectivity index (χ0n) is 12.1. The largest absolute Gasteiger partial charge is 0.453 e. The van der Waals surface area contributed by atoms with E-state index in [1.165, 1.54) is 0 Å². The van der Waals surface area contributed by atoms with Crippen LogP contribution < -0.4 is 10.1 Å². The summed E-state index contributed by atoms with van der Waals surface area (Å²) in [5.41, 5.74) is 2.93. The standard InChI is InChI=1S/C17H17N3O/c1-12-6-7-14-4-3-5-16(17(14)20-12)21-15-8-13(9-18-2)10-19-11-15/h3-8,10-11,18H,9H2,1-2H3. The van der Waals surface area contributed by atoms with Gasteiger partial charge >= 0.3 is 0 Å². The van der Waals surface area contributed by atoms with Gasteiger partial charge < -0.3 is 10.1 Å². The zero-order valence-corrected chi connectivity index (χ0v) is 12.1. The second-order valence-corrected chi connectivity index (χ2v) is 4.94. The summed E-state index contributed by atoms with van der Waals surface area (Å²) in [6, 6.07) is 12.0. The summed E-state index contributed by atoms with van der Waals surface area (Å²) in [4.78, 5) is 8.78. The molecule has 1 aromatic carbocycles. The highest BCUT2D eigenvalue weighted by Crippen LogP contribution is 2.28. The van der Waals surface area contributed by atoms with Gasteiger partial charge in [-0.15, -0.1) is 0 Å². The fourth-order valence-corrected chi connectivity index (χ4v) is 2.25. The van der Waals surface area contributed by atoms with Crippen molar-refractivity contribution < 1.29 is 4.74 Å². The van der Waals surface area contributed by atoms with Crippen LogP contribution in [0.15, 0.2) is 48.8 Å². The van der Waals surface area contributed by atoms with E-state index in [0.29, 0.717) is 0 Å². The van der Waals surface area contributed by atoms with Crippen molar-refractivity contribution in [2.24, 2.45) is 0 Å². The van der Waals surface area contributed by atoms with Crippen LogP contribution in [0.5, 0.6) is 11.5 Å². The average molecular weight is 279 g/mol. The minimum Gasteiger partial charge on any atom is -0.453 e. The monoisotopic (exact) mass is 279 g/mol. The quantitative estimate of drug-likeness (QED) is 0.794. The molecule has 0 atom stereocenters. The molecule has 0 aliphatic heterocycles. The van der Waals surface area contributed by atoms with Crippen LogP contribution in [0.1, 0.15) is 11.3 Å². The van der Waals surface area contributed by atoms with Crippen LogP contribution >= 0.6 is 0 Å². The third-order valence-electron chi connectivity index (χ3n) is 3.20. The average Bonchev–Trinajstić information content (AvgIpc) is 2.49. The Balaban J connectivity index is 1.98. The molecule has 0 radical (unpaired) electrons. The zero-order chi connectivity index (χ0) is 14.7. The van der Waals surface area contributed by atoms with Gasteiger partial charge in [0.15, 0.2) is 5.75 Å². The predicted molar refractivity (Wildman–Crippen MR) is 83.6 cm³/mol. The van der Waals surface area contributed by atoms with Crippen LogP contribution in [-0.2, 0) is 6.54 Å². The molecule has 2 heterocycles. The van der Waals surface area contributed by atoms with Crippen molar-refractivity contribution in [1.29, 1.82) is 0 Å². The first kappa shape index (κ1) is 13.5. The number of fused-ring (bicyclic) bond motifs is 1. The van der Waals surface area contributed by atoms with Crippen molar-refractivity contribution in [1.82, 2.24) is 15.3 Å². The van der Waals surface area contributed by atoms with E-state index in [0.717, 1.165) is 40.2 Å². The molecule has 21 heavy (non-hydrogen) atoms. The number of hydrogen-bond donors (Lipinski definition) is 1. The van der Waals surface area contributed by atoms with Gasteiger partial charge in [-0.05, 0) is 37.7 Å². The topological polar surface area (TPSA) is 47.0 Å². The molecular formula is C17H17N3O. The number of pyridine rings is 2. The molecule has 1 N–H and O–H groups in total. The summed E-state index contributed by atoms with van der Waals surface area (Å²) in [5, 5.41) is 4.17. The Kier molecular flexibility index (Phi) is 3.79. The highest BCUT2D eigenvalue weighted by Gasteiger charge is 2.06. The lowest BCUT2D eigenvalue weighted by molar-refractivity contribution is 0.483. The third kappa shape index (κ3) is 3.01. The fourth-order valence-electron chi connectivity index (χ4n) is 2.25. The molecular weight excluding hydrogens is 262 g/mol. The van der Waals surface area contributed by atoms with Crippen molar-refractivity contribution in [3.05, 3.63) is 60.0 Å². The molecule has 106 valence electrons. The molecule has 3 rings (SSSR count). The summed E-state index contributed by atoms with van der Waals surface area (Å²) >= 11 is 0. The van der Waals surface area contributed by atoms with E-state index in [1.54, 1.807) is 6.20 Å². The number of aryl methyl sites for hydroxylation is 1. The van der Waals surface area contributed by atoms with Gasteiger partial charge in [-0.25, -0.2) is 4.98 Å². The molecule has 0 aliphatic carbocycles. The van der Waals surface area contributed by atoms with Gasteiger partial charge in [0.1, 0.15) is 11.3 Å². The maximum atomic E-state index is 5.98.